The third-order valence-corrected chi connectivity index (χ3v) is 3.52. The van der Waals surface area contributed by atoms with Gasteiger partial charge in [-0.25, -0.2) is 0 Å². The predicted octanol–water partition coefficient (Wildman–Crippen LogP) is 0.885. The zero-order chi connectivity index (χ0) is 12.6. The van der Waals surface area contributed by atoms with E-state index in [1.54, 1.807) is 0 Å². The topological polar surface area (TPSA) is 33.9 Å². The van der Waals surface area contributed by atoms with Crippen molar-refractivity contribution in [3.05, 3.63) is 30.3 Å². The summed E-state index contributed by atoms with van der Waals surface area (Å²) in [6, 6.07) is 9.70. The van der Waals surface area contributed by atoms with Gasteiger partial charge in [-0.15, -0.1) is 0 Å². The van der Waals surface area contributed by atoms with Crippen LogP contribution < -0.4 is 9.64 Å². The van der Waals surface area contributed by atoms with Crippen molar-refractivity contribution >= 4 is 0 Å². The molecule has 2 rings (SSSR count). The SMILES string of the molecule is OC(COc1ccccc1)C[NH+]1CCCCCC1. The van der Waals surface area contributed by atoms with Crippen molar-refractivity contribution in [2.24, 2.45) is 0 Å². The van der Waals surface area contributed by atoms with Crippen LogP contribution in [0.4, 0.5) is 0 Å². The molecule has 1 aliphatic heterocycles. The number of para-hydroxylation sites is 1. The maximum absolute atomic E-state index is 10.0. The summed E-state index contributed by atoms with van der Waals surface area (Å²) in [5.41, 5.74) is 0. The summed E-state index contributed by atoms with van der Waals surface area (Å²) < 4.78 is 5.58. The van der Waals surface area contributed by atoms with Gasteiger partial charge in [-0.05, 0) is 37.8 Å². The van der Waals surface area contributed by atoms with E-state index >= 15 is 0 Å². The summed E-state index contributed by atoms with van der Waals surface area (Å²) >= 11 is 0. The van der Waals surface area contributed by atoms with Crippen LogP contribution in [0.2, 0.25) is 0 Å². The Morgan fingerprint density at radius 3 is 2.39 bits per heavy atom. The highest BCUT2D eigenvalue weighted by molar-refractivity contribution is 5.20. The second-order valence-electron chi connectivity index (χ2n) is 5.15. The normalized spacial score (nSPS) is 19.2. The van der Waals surface area contributed by atoms with Crippen LogP contribution in [0.5, 0.6) is 5.75 Å². The Hall–Kier alpha value is -1.06. The minimum atomic E-state index is -0.363. The van der Waals surface area contributed by atoms with Gasteiger partial charge in [0.1, 0.15) is 25.0 Å². The maximum Gasteiger partial charge on any atom is 0.137 e. The first kappa shape index (κ1) is 13.4. The van der Waals surface area contributed by atoms with Crippen molar-refractivity contribution in [1.29, 1.82) is 0 Å². The van der Waals surface area contributed by atoms with Crippen molar-refractivity contribution in [2.75, 3.05) is 26.2 Å². The third-order valence-electron chi connectivity index (χ3n) is 3.52. The van der Waals surface area contributed by atoms with E-state index in [-0.39, 0.29) is 6.10 Å². The summed E-state index contributed by atoms with van der Waals surface area (Å²) in [6.45, 7) is 3.60. The highest BCUT2D eigenvalue weighted by Gasteiger charge is 2.17. The van der Waals surface area contributed by atoms with E-state index in [2.05, 4.69) is 0 Å². The minimum absolute atomic E-state index is 0.363. The summed E-state index contributed by atoms with van der Waals surface area (Å²) in [4.78, 5) is 1.52. The lowest BCUT2D eigenvalue weighted by Crippen LogP contribution is -3.13. The van der Waals surface area contributed by atoms with Gasteiger partial charge in [0, 0.05) is 0 Å². The molecule has 1 saturated heterocycles. The smallest absolute Gasteiger partial charge is 0.137 e. The van der Waals surface area contributed by atoms with Gasteiger partial charge < -0.3 is 14.7 Å². The molecule has 1 aliphatic rings. The van der Waals surface area contributed by atoms with E-state index in [4.69, 9.17) is 4.74 Å². The monoisotopic (exact) mass is 250 g/mol. The molecule has 1 aromatic carbocycles. The highest BCUT2D eigenvalue weighted by Crippen LogP contribution is 2.08. The van der Waals surface area contributed by atoms with Crippen LogP contribution in [0.1, 0.15) is 25.7 Å². The van der Waals surface area contributed by atoms with Gasteiger partial charge in [0.25, 0.3) is 0 Å². The molecule has 0 bridgehead atoms. The molecule has 0 amide bonds. The molecule has 100 valence electrons. The highest BCUT2D eigenvalue weighted by atomic mass is 16.5. The van der Waals surface area contributed by atoms with Gasteiger partial charge in [0.15, 0.2) is 0 Å². The predicted molar refractivity (Wildman–Crippen MR) is 72.0 cm³/mol. The number of hydrogen-bond acceptors (Lipinski definition) is 2. The third kappa shape index (κ3) is 4.67. The number of nitrogens with one attached hydrogen (secondary N) is 1. The van der Waals surface area contributed by atoms with Crippen LogP contribution in [0, 0.1) is 0 Å². The van der Waals surface area contributed by atoms with Crippen LogP contribution in [-0.2, 0) is 0 Å². The molecule has 1 unspecified atom stereocenters. The molecule has 1 atom stereocenters. The van der Waals surface area contributed by atoms with Crippen molar-refractivity contribution < 1.29 is 14.7 Å². The van der Waals surface area contributed by atoms with Crippen LogP contribution in [0.25, 0.3) is 0 Å². The Morgan fingerprint density at radius 2 is 1.72 bits per heavy atom. The molecular weight excluding hydrogens is 226 g/mol. The first-order chi connectivity index (χ1) is 8.84. The number of rotatable bonds is 5. The van der Waals surface area contributed by atoms with E-state index in [9.17, 15) is 5.11 Å². The van der Waals surface area contributed by atoms with Crippen LogP contribution in [-0.4, -0.2) is 37.5 Å². The number of ether oxygens (including phenoxy) is 1. The number of quaternary nitrogens is 1. The fourth-order valence-corrected chi connectivity index (χ4v) is 2.53. The number of aliphatic hydroxyl groups excluding tert-OH is 1. The van der Waals surface area contributed by atoms with Crippen molar-refractivity contribution in [3.63, 3.8) is 0 Å². The zero-order valence-corrected chi connectivity index (χ0v) is 11.0. The van der Waals surface area contributed by atoms with Crippen LogP contribution in [0.3, 0.4) is 0 Å². The van der Waals surface area contributed by atoms with Gasteiger partial charge in [-0.1, -0.05) is 18.2 Å². The van der Waals surface area contributed by atoms with Crippen LogP contribution >= 0.6 is 0 Å². The second kappa shape index (κ2) is 7.39. The quantitative estimate of drug-likeness (QED) is 0.813. The Labute approximate surface area is 109 Å². The average Bonchev–Trinajstić information content (AvgIpc) is 2.66. The molecule has 0 aliphatic carbocycles. The molecule has 3 nitrogen and oxygen atoms in total. The molecule has 0 saturated carbocycles. The summed E-state index contributed by atoms with van der Waals surface area (Å²) in [5, 5.41) is 10.0. The van der Waals surface area contributed by atoms with Crippen molar-refractivity contribution in [1.82, 2.24) is 0 Å². The second-order valence-corrected chi connectivity index (χ2v) is 5.15. The lowest BCUT2D eigenvalue weighted by molar-refractivity contribution is -0.902. The number of benzene rings is 1. The standard InChI is InChI=1S/C15H23NO2/c17-14(12-16-10-6-1-2-7-11-16)13-18-15-8-4-3-5-9-15/h3-5,8-9,14,17H,1-2,6-7,10-13H2/p+1. The van der Waals surface area contributed by atoms with Gasteiger partial charge in [0.2, 0.25) is 0 Å². The Morgan fingerprint density at radius 1 is 1.06 bits per heavy atom. The van der Waals surface area contributed by atoms with Gasteiger partial charge in [-0.2, -0.15) is 0 Å². The first-order valence-electron chi connectivity index (χ1n) is 7.04. The Bertz CT molecular complexity index is 321. The van der Waals surface area contributed by atoms with Gasteiger partial charge >= 0.3 is 0 Å². The van der Waals surface area contributed by atoms with Crippen molar-refractivity contribution in [3.8, 4) is 5.75 Å². The Kier molecular flexibility index (Phi) is 5.49. The van der Waals surface area contributed by atoms with E-state index in [0.717, 1.165) is 12.3 Å². The largest absolute Gasteiger partial charge is 0.491 e. The van der Waals surface area contributed by atoms with Gasteiger partial charge in [-0.3, -0.25) is 0 Å². The summed E-state index contributed by atoms with van der Waals surface area (Å²) in [7, 11) is 0. The molecule has 0 spiro atoms. The number of aliphatic hydroxyl groups is 1. The van der Waals surface area contributed by atoms with Crippen molar-refractivity contribution in [2.45, 2.75) is 31.8 Å². The molecule has 1 fully saturated rings. The van der Waals surface area contributed by atoms with Gasteiger partial charge in [0.05, 0.1) is 13.1 Å². The molecule has 0 radical (unpaired) electrons. The maximum atomic E-state index is 10.0. The van der Waals surface area contributed by atoms with E-state index in [1.165, 1.54) is 43.7 Å². The van der Waals surface area contributed by atoms with Crippen LogP contribution in [0.15, 0.2) is 30.3 Å². The summed E-state index contributed by atoms with van der Waals surface area (Å²) in [6.07, 6.45) is 4.92. The minimum Gasteiger partial charge on any atom is -0.491 e. The van der Waals surface area contributed by atoms with E-state index in [1.807, 2.05) is 30.3 Å². The number of likely N-dealkylation sites (tertiary alicyclic amines) is 1. The first-order valence-corrected chi connectivity index (χ1v) is 7.04. The van der Waals surface area contributed by atoms with E-state index < -0.39 is 0 Å². The molecule has 0 aromatic heterocycles. The molecule has 2 N–H and O–H groups in total. The zero-order valence-electron chi connectivity index (χ0n) is 11.0. The summed E-state index contributed by atoms with van der Waals surface area (Å²) in [5.74, 6) is 0.836. The lowest BCUT2D eigenvalue weighted by atomic mass is 10.2. The fourth-order valence-electron chi connectivity index (χ4n) is 2.53. The Balaban J connectivity index is 1.69. The molecule has 18 heavy (non-hydrogen) atoms. The number of hydrogen-bond donors (Lipinski definition) is 2. The molecule has 3 heteroatoms. The fraction of sp³-hybridized carbons (Fsp3) is 0.600. The molecule has 1 aromatic rings. The lowest BCUT2D eigenvalue weighted by Gasteiger charge is -2.20. The molecular formula is C15H24NO2+. The molecule has 1 heterocycles. The average molecular weight is 250 g/mol. The van der Waals surface area contributed by atoms with E-state index in [0.29, 0.717) is 6.61 Å².